The topological polar surface area (TPSA) is 197 Å². The van der Waals surface area contributed by atoms with Gasteiger partial charge >= 0.3 is 5.97 Å². The van der Waals surface area contributed by atoms with Crippen LogP contribution in [0.2, 0.25) is 0 Å². The lowest BCUT2D eigenvalue weighted by Crippen LogP contribution is -2.58. The van der Waals surface area contributed by atoms with E-state index in [2.05, 4.69) is 16.0 Å². The molecule has 1 rings (SSSR count). The first kappa shape index (κ1) is 30.4. The molecule has 0 saturated heterocycles. The van der Waals surface area contributed by atoms with E-state index in [9.17, 15) is 24.3 Å². The zero-order valence-corrected chi connectivity index (χ0v) is 20.8. The number of aliphatic hydroxyl groups is 1. The normalized spacial score (nSPS) is 14.3. The lowest BCUT2D eigenvalue weighted by Gasteiger charge is -2.25. The molecule has 0 aromatic heterocycles. The van der Waals surface area contributed by atoms with Gasteiger partial charge in [0.25, 0.3) is 0 Å². The highest BCUT2D eigenvalue weighted by molar-refractivity contribution is 7.98. The standard InChI is InChI=1S/C23H37N5O6S/c1-35-12-10-16(25)20(30)27-18(13-15-7-3-2-4-8-15)22(32)26-17(9-5-6-11-24)21(31)28-19(14-29)23(33)34/h2-4,7-8,16-19,29H,5-6,9-14,24-25H2,1H3,(H,26,32)(H,27,30)(H,28,31)(H,33,34). The number of carbonyl (C=O) groups is 4. The highest BCUT2D eigenvalue weighted by Gasteiger charge is 2.30. The van der Waals surface area contributed by atoms with Crippen LogP contribution < -0.4 is 27.4 Å². The number of aliphatic carboxylic acids is 1. The summed E-state index contributed by atoms with van der Waals surface area (Å²) in [4.78, 5) is 49.8. The van der Waals surface area contributed by atoms with E-state index < -0.39 is 54.5 Å². The maximum absolute atomic E-state index is 13.2. The van der Waals surface area contributed by atoms with Gasteiger partial charge in [0.05, 0.1) is 12.6 Å². The molecule has 4 atom stereocenters. The predicted octanol–water partition coefficient (Wildman–Crippen LogP) is -1.03. The van der Waals surface area contributed by atoms with Crippen molar-refractivity contribution in [1.82, 2.24) is 16.0 Å². The third-order valence-electron chi connectivity index (χ3n) is 5.26. The molecule has 0 fully saturated rings. The van der Waals surface area contributed by atoms with Gasteiger partial charge in [-0.25, -0.2) is 4.79 Å². The van der Waals surface area contributed by atoms with Crippen molar-refractivity contribution in [3.8, 4) is 0 Å². The SMILES string of the molecule is CSCCC(N)C(=O)NC(Cc1ccccc1)C(=O)NC(CCCCN)C(=O)NC(CO)C(=O)O. The highest BCUT2D eigenvalue weighted by Crippen LogP contribution is 2.08. The van der Waals surface area contributed by atoms with Crippen molar-refractivity contribution in [3.63, 3.8) is 0 Å². The van der Waals surface area contributed by atoms with E-state index in [-0.39, 0.29) is 12.8 Å². The van der Waals surface area contributed by atoms with Crippen molar-refractivity contribution in [1.29, 1.82) is 0 Å². The van der Waals surface area contributed by atoms with Gasteiger partial charge in [0.15, 0.2) is 0 Å². The van der Waals surface area contributed by atoms with Gasteiger partial charge in [-0.1, -0.05) is 30.3 Å². The minimum absolute atomic E-state index is 0.166. The van der Waals surface area contributed by atoms with Crippen molar-refractivity contribution in [3.05, 3.63) is 35.9 Å². The van der Waals surface area contributed by atoms with Gasteiger partial charge in [-0.3, -0.25) is 14.4 Å². The van der Waals surface area contributed by atoms with Gasteiger partial charge in [-0.15, -0.1) is 0 Å². The van der Waals surface area contributed by atoms with Crippen LogP contribution in [0.3, 0.4) is 0 Å². The Morgan fingerprint density at radius 1 is 0.914 bits per heavy atom. The summed E-state index contributed by atoms with van der Waals surface area (Å²) >= 11 is 1.55. The summed E-state index contributed by atoms with van der Waals surface area (Å²) in [5.74, 6) is -2.56. The molecule has 0 radical (unpaired) electrons. The van der Waals surface area contributed by atoms with Crippen LogP contribution in [0, 0.1) is 0 Å². The lowest BCUT2D eigenvalue weighted by molar-refractivity contribution is -0.143. The number of amides is 3. The van der Waals surface area contributed by atoms with Crippen LogP contribution in [0.4, 0.5) is 0 Å². The summed E-state index contributed by atoms with van der Waals surface area (Å²) in [6.45, 7) is -0.414. The van der Waals surface area contributed by atoms with Gasteiger partial charge < -0.3 is 37.6 Å². The van der Waals surface area contributed by atoms with Crippen LogP contribution >= 0.6 is 11.8 Å². The average Bonchev–Trinajstić information content (AvgIpc) is 2.84. The second-order valence-electron chi connectivity index (χ2n) is 8.07. The van der Waals surface area contributed by atoms with E-state index in [0.29, 0.717) is 31.6 Å². The van der Waals surface area contributed by atoms with Gasteiger partial charge in [0.2, 0.25) is 17.7 Å². The van der Waals surface area contributed by atoms with Crippen LogP contribution in [-0.2, 0) is 25.6 Å². The summed E-state index contributed by atoms with van der Waals surface area (Å²) in [7, 11) is 0. The largest absolute Gasteiger partial charge is 0.480 e. The number of nitrogens with one attached hydrogen (secondary N) is 3. The van der Waals surface area contributed by atoms with Gasteiger partial charge in [0.1, 0.15) is 18.1 Å². The van der Waals surface area contributed by atoms with Crippen molar-refractivity contribution in [2.45, 2.75) is 56.3 Å². The Labute approximate surface area is 209 Å². The van der Waals surface area contributed by atoms with E-state index in [1.807, 2.05) is 24.5 Å². The molecule has 35 heavy (non-hydrogen) atoms. The number of carbonyl (C=O) groups excluding carboxylic acids is 3. The van der Waals surface area contributed by atoms with E-state index in [1.165, 1.54) is 0 Å². The Morgan fingerprint density at radius 2 is 1.51 bits per heavy atom. The first-order chi connectivity index (χ1) is 16.7. The van der Waals surface area contributed by atoms with Crippen molar-refractivity contribution < 1.29 is 29.4 Å². The molecule has 3 amide bonds. The molecular weight excluding hydrogens is 474 g/mol. The molecular formula is C23H37N5O6S. The first-order valence-corrected chi connectivity index (χ1v) is 12.9. The van der Waals surface area contributed by atoms with Crippen molar-refractivity contribution in [2.75, 3.05) is 25.2 Å². The van der Waals surface area contributed by atoms with E-state index >= 15 is 0 Å². The predicted molar refractivity (Wildman–Crippen MR) is 135 cm³/mol. The summed E-state index contributed by atoms with van der Waals surface area (Å²) in [5.41, 5.74) is 12.3. The number of nitrogens with two attached hydrogens (primary N) is 2. The number of carboxylic acids is 1. The Kier molecular flexibility index (Phi) is 14.6. The van der Waals surface area contributed by atoms with Crippen LogP contribution in [-0.4, -0.2) is 83.2 Å². The third kappa shape index (κ3) is 11.5. The average molecular weight is 512 g/mol. The Balaban J connectivity index is 3.04. The van der Waals surface area contributed by atoms with Crippen LogP contribution in [0.1, 0.15) is 31.2 Å². The number of unbranched alkanes of at least 4 members (excludes halogenated alkanes) is 1. The molecule has 196 valence electrons. The molecule has 1 aromatic carbocycles. The molecule has 0 heterocycles. The molecule has 0 spiro atoms. The lowest BCUT2D eigenvalue weighted by atomic mass is 10.0. The molecule has 0 aliphatic carbocycles. The van der Waals surface area contributed by atoms with E-state index in [1.54, 1.807) is 23.9 Å². The van der Waals surface area contributed by atoms with Gasteiger partial charge in [-0.05, 0) is 49.8 Å². The monoisotopic (exact) mass is 511 g/mol. The van der Waals surface area contributed by atoms with Crippen LogP contribution in [0.5, 0.6) is 0 Å². The quantitative estimate of drug-likeness (QED) is 0.128. The fraction of sp³-hybridized carbons (Fsp3) is 0.565. The molecule has 4 unspecified atom stereocenters. The third-order valence-corrected chi connectivity index (χ3v) is 5.91. The highest BCUT2D eigenvalue weighted by atomic mass is 32.2. The second-order valence-corrected chi connectivity index (χ2v) is 9.05. The summed E-state index contributed by atoms with van der Waals surface area (Å²) in [6.07, 6.45) is 3.80. The summed E-state index contributed by atoms with van der Waals surface area (Å²) in [5, 5.41) is 25.9. The number of hydrogen-bond donors (Lipinski definition) is 7. The van der Waals surface area contributed by atoms with Crippen molar-refractivity contribution >= 4 is 35.5 Å². The molecule has 0 aliphatic heterocycles. The Morgan fingerprint density at radius 3 is 2.09 bits per heavy atom. The Hall–Kier alpha value is -2.67. The molecule has 12 heteroatoms. The summed E-state index contributed by atoms with van der Waals surface area (Å²) < 4.78 is 0. The molecule has 1 aromatic rings. The number of hydrogen-bond acceptors (Lipinski definition) is 8. The fourth-order valence-electron chi connectivity index (χ4n) is 3.21. The van der Waals surface area contributed by atoms with Crippen LogP contribution in [0.15, 0.2) is 30.3 Å². The minimum Gasteiger partial charge on any atom is -0.480 e. The number of thioether (sulfide) groups is 1. The molecule has 0 bridgehead atoms. The maximum atomic E-state index is 13.2. The molecule has 0 saturated carbocycles. The van der Waals surface area contributed by atoms with Crippen molar-refractivity contribution in [2.24, 2.45) is 11.5 Å². The zero-order chi connectivity index (χ0) is 26.2. The smallest absolute Gasteiger partial charge is 0.328 e. The number of carboxylic acid groups (broad SMARTS) is 1. The van der Waals surface area contributed by atoms with Gasteiger partial charge in [0, 0.05) is 6.42 Å². The van der Waals surface area contributed by atoms with Crippen LogP contribution in [0.25, 0.3) is 0 Å². The Bertz CT molecular complexity index is 813. The first-order valence-electron chi connectivity index (χ1n) is 11.5. The molecule has 9 N–H and O–H groups in total. The number of aliphatic hydroxyl groups excluding tert-OH is 1. The minimum atomic E-state index is -1.51. The van der Waals surface area contributed by atoms with E-state index in [0.717, 1.165) is 5.56 Å². The number of rotatable bonds is 17. The maximum Gasteiger partial charge on any atom is 0.328 e. The molecule has 11 nitrogen and oxygen atoms in total. The van der Waals surface area contributed by atoms with Gasteiger partial charge in [-0.2, -0.15) is 11.8 Å². The zero-order valence-electron chi connectivity index (χ0n) is 19.9. The fourth-order valence-corrected chi connectivity index (χ4v) is 3.70. The van der Waals surface area contributed by atoms with E-state index in [4.69, 9.17) is 16.6 Å². The summed E-state index contributed by atoms with van der Waals surface area (Å²) in [6, 6.07) is 4.66. The number of benzene rings is 1. The second kappa shape index (κ2) is 16.9. The molecule has 0 aliphatic rings.